The molecule has 0 spiro atoms. The molecule has 0 aliphatic carbocycles. The normalized spacial score (nSPS) is 20.4. The molecule has 0 radical (unpaired) electrons. The predicted molar refractivity (Wildman–Crippen MR) is 103 cm³/mol. The first-order valence-corrected chi connectivity index (χ1v) is 9.50. The molecule has 3 N–H and O–H groups in total. The molecular weight excluding hydrogens is 383 g/mol. The molecule has 1 amide bonds. The number of anilines is 1. The summed E-state index contributed by atoms with van der Waals surface area (Å²) in [5, 5.41) is 2.99. The van der Waals surface area contributed by atoms with E-state index >= 15 is 0 Å². The summed E-state index contributed by atoms with van der Waals surface area (Å²) in [6.45, 7) is 2.69. The van der Waals surface area contributed by atoms with Gasteiger partial charge in [0.25, 0.3) is 0 Å². The third-order valence-corrected chi connectivity index (χ3v) is 5.57. The molecule has 2 heterocycles. The number of benzene rings is 2. The topological polar surface area (TPSA) is 67.6 Å². The van der Waals surface area contributed by atoms with Gasteiger partial charge in [-0.15, -0.1) is 0 Å². The van der Waals surface area contributed by atoms with Gasteiger partial charge in [-0.2, -0.15) is 13.2 Å². The number of nitrogens with zero attached hydrogens (tertiary/aromatic N) is 1. The van der Waals surface area contributed by atoms with Gasteiger partial charge in [0.2, 0.25) is 5.91 Å². The third-order valence-electron chi connectivity index (χ3n) is 5.57. The van der Waals surface area contributed by atoms with Crippen LogP contribution in [0.25, 0.3) is 0 Å². The van der Waals surface area contributed by atoms with Crippen LogP contribution >= 0.6 is 0 Å². The lowest BCUT2D eigenvalue weighted by molar-refractivity contribution is -0.157. The molecule has 0 aromatic heterocycles. The van der Waals surface area contributed by atoms with E-state index < -0.39 is 24.0 Å². The molecular formula is C21H22F3N3O2. The first kappa shape index (κ1) is 19.7. The van der Waals surface area contributed by atoms with E-state index in [2.05, 4.69) is 5.32 Å². The Morgan fingerprint density at radius 3 is 2.62 bits per heavy atom. The highest BCUT2D eigenvalue weighted by Crippen LogP contribution is 2.47. The standard InChI is InChI=1S/C21H22F3N3O2/c22-21(23,24)18(13-2-1-3-16(11-13)27-6-8-29-9-7-27)19-17-5-4-14(20(25)28)10-15(17)12-26-19/h1-5,10-11,18-19,26H,6-9,12H2,(H2,25,28)/t18-,19?/m1/s1. The van der Waals surface area contributed by atoms with E-state index in [-0.39, 0.29) is 12.1 Å². The molecule has 0 saturated carbocycles. The van der Waals surface area contributed by atoms with Crippen molar-refractivity contribution in [2.24, 2.45) is 5.73 Å². The van der Waals surface area contributed by atoms with E-state index in [1.807, 2.05) is 11.0 Å². The highest BCUT2D eigenvalue weighted by atomic mass is 19.4. The Bertz CT molecular complexity index is 910. The second-order valence-electron chi connectivity index (χ2n) is 7.35. The quantitative estimate of drug-likeness (QED) is 0.820. The highest BCUT2D eigenvalue weighted by molar-refractivity contribution is 5.93. The summed E-state index contributed by atoms with van der Waals surface area (Å²) in [5.41, 5.74) is 7.79. The molecule has 8 heteroatoms. The molecule has 29 heavy (non-hydrogen) atoms. The molecule has 2 atom stereocenters. The number of carbonyl (C=O) groups excluding carboxylic acids is 1. The number of amides is 1. The minimum absolute atomic E-state index is 0.214. The molecule has 1 unspecified atom stereocenters. The fraction of sp³-hybridized carbons (Fsp3) is 0.381. The Hall–Kier alpha value is -2.58. The monoisotopic (exact) mass is 405 g/mol. The lowest BCUT2D eigenvalue weighted by atomic mass is 9.86. The maximum atomic E-state index is 14.2. The van der Waals surface area contributed by atoms with Crippen molar-refractivity contribution in [2.45, 2.75) is 24.7 Å². The van der Waals surface area contributed by atoms with Crippen LogP contribution in [0.4, 0.5) is 18.9 Å². The van der Waals surface area contributed by atoms with E-state index in [1.165, 1.54) is 12.1 Å². The summed E-state index contributed by atoms with van der Waals surface area (Å²) in [6, 6.07) is 10.4. The number of hydrogen-bond acceptors (Lipinski definition) is 4. The second-order valence-corrected chi connectivity index (χ2v) is 7.35. The zero-order valence-electron chi connectivity index (χ0n) is 15.7. The average molecular weight is 405 g/mol. The minimum Gasteiger partial charge on any atom is -0.378 e. The first-order chi connectivity index (χ1) is 13.8. The van der Waals surface area contributed by atoms with E-state index in [0.717, 1.165) is 5.69 Å². The molecule has 2 aromatic carbocycles. The van der Waals surface area contributed by atoms with Crippen LogP contribution in [-0.4, -0.2) is 38.4 Å². The molecule has 2 aromatic rings. The van der Waals surface area contributed by atoms with Gasteiger partial charge in [-0.25, -0.2) is 0 Å². The minimum atomic E-state index is -4.44. The Morgan fingerprint density at radius 1 is 1.17 bits per heavy atom. The van der Waals surface area contributed by atoms with Crippen molar-refractivity contribution in [3.63, 3.8) is 0 Å². The maximum absolute atomic E-state index is 14.2. The molecule has 154 valence electrons. The van der Waals surface area contributed by atoms with Crippen molar-refractivity contribution in [3.05, 3.63) is 64.7 Å². The van der Waals surface area contributed by atoms with Crippen LogP contribution in [0.15, 0.2) is 42.5 Å². The number of ether oxygens (including phenoxy) is 1. The third kappa shape index (κ3) is 3.95. The molecule has 1 fully saturated rings. The van der Waals surface area contributed by atoms with Crippen molar-refractivity contribution >= 4 is 11.6 Å². The van der Waals surface area contributed by atoms with Gasteiger partial charge in [0.1, 0.15) is 0 Å². The number of halogens is 3. The predicted octanol–water partition coefficient (Wildman–Crippen LogP) is 3.11. The Morgan fingerprint density at radius 2 is 1.93 bits per heavy atom. The van der Waals surface area contributed by atoms with Gasteiger partial charge < -0.3 is 20.7 Å². The molecule has 2 aliphatic heterocycles. The number of rotatable bonds is 4. The molecule has 5 nitrogen and oxygen atoms in total. The van der Waals surface area contributed by atoms with Crippen LogP contribution in [0, 0.1) is 0 Å². The summed E-state index contributed by atoms with van der Waals surface area (Å²) >= 11 is 0. The highest BCUT2D eigenvalue weighted by Gasteiger charge is 2.48. The smallest absolute Gasteiger partial charge is 0.378 e. The van der Waals surface area contributed by atoms with E-state index in [9.17, 15) is 18.0 Å². The van der Waals surface area contributed by atoms with Crippen molar-refractivity contribution in [2.75, 3.05) is 31.2 Å². The van der Waals surface area contributed by atoms with Crippen LogP contribution in [0.3, 0.4) is 0 Å². The fourth-order valence-corrected chi connectivity index (χ4v) is 4.15. The number of fused-ring (bicyclic) bond motifs is 1. The number of alkyl halides is 3. The SMILES string of the molecule is NC(=O)c1ccc2c(c1)CNC2[C@@H](c1cccc(N2CCOCC2)c1)C(F)(F)F. The number of nitrogens with one attached hydrogen (secondary N) is 1. The van der Waals surface area contributed by atoms with E-state index in [4.69, 9.17) is 10.5 Å². The van der Waals surface area contributed by atoms with Crippen molar-refractivity contribution in [1.29, 1.82) is 0 Å². The number of morpholine rings is 1. The molecule has 1 saturated heterocycles. The van der Waals surface area contributed by atoms with Crippen LogP contribution < -0.4 is 16.0 Å². The van der Waals surface area contributed by atoms with Crippen molar-refractivity contribution in [1.82, 2.24) is 5.32 Å². The largest absolute Gasteiger partial charge is 0.397 e. The lowest BCUT2D eigenvalue weighted by Gasteiger charge is -2.31. The van der Waals surface area contributed by atoms with Gasteiger partial charge in [0.05, 0.1) is 19.1 Å². The van der Waals surface area contributed by atoms with Crippen molar-refractivity contribution in [3.8, 4) is 0 Å². The summed E-state index contributed by atoms with van der Waals surface area (Å²) in [4.78, 5) is 13.4. The zero-order chi connectivity index (χ0) is 20.6. The number of carbonyl (C=O) groups is 1. The van der Waals surface area contributed by atoms with Crippen LogP contribution in [-0.2, 0) is 11.3 Å². The zero-order valence-corrected chi connectivity index (χ0v) is 15.7. The Balaban J connectivity index is 1.70. The molecule has 0 bridgehead atoms. The van der Waals surface area contributed by atoms with Crippen LogP contribution in [0.2, 0.25) is 0 Å². The summed E-state index contributed by atoms with van der Waals surface area (Å²) in [7, 11) is 0. The number of primary amides is 1. The summed E-state index contributed by atoms with van der Waals surface area (Å²) < 4.78 is 47.9. The molecule has 2 aliphatic rings. The van der Waals surface area contributed by atoms with Gasteiger partial charge >= 0.3 is 6.18 Å². The van der Waals surface area contributed by atoms with E-state index in [1.54, 1.807) is 24.3 Å². The van der Waals surface area contributed by atoms with Crippen molar-refractivity contribution < 1.29 is 22.7 Å². The second kappa shape index (κ2) is 7.68. The number of nitrogens with two attached hydrogens (primary N) is 1. The Labute approximate surface area is 166 Å². The van der Waals surface area contributed by atoms with Gasteiger partial charge in [0, 0.05) is 36.9 Å². The average Bonchev–Trinajstić information content (AvgIpc) is 3.11. The van der Waals surface area contributed by atoms with Crippen LogP contribution in [0.1, 0.15) is 39.0 Å². The van der Waals surface area contributed by atoms with E-state index in [0.29, 0.717) is 43.0 Å². The fourth-order valence-electron chi connectivity index (χ4n) is 4.15. The van der Waals surface area contributed by atoms with Gasteiger partial charge in [-0.05, 0) is 41.0 Å². The maximum Gasteiger partial charge on any atom is 0.397 e. The number of hydrogen-bond donors (Lipinski definition) is 2. The van der Waals surface area contributed by atoms with Crippen LogP contribution in [0.5, 0.6) is 0 Å². The summed E-state index contributed by atoms with van der Waals surface area (Å²) in [6.07, 6.45) is -4.44. The summed E-state index contributed by atoms with van der Waals surface area (Å²) in [5.74, 6) is -2.30. The van der Waals surface area contributed by atoms with Gasteiger partial charge in [0.15, 0.2) is 0 Å². The molecule has 4 rings (SSSR count). The van der Waals surface area contributed by atoms with Gasteiger partial charge in [-0.1, -0.05) is 18.2 Å². The van der Waals surface area contributed by atoms with Gasteiger partial charge in [-0.3, -0.25) is 4.79 Å². The lowest BCUT2D eigenvalue weighted by Crippen LogP contribution is -2.36. The Kier molecular flexibility index (Phi) is 5.23. The first-order valence-electron chi connectivity index (χ1n) is 9.50.